The first-order chi connectivity index (χ1) is 9.66. The summed E-state index contributed by atoms with van der Waals surface area (Å²) in [5.74, 6) is 0.188. The van der Waals surface area contributed by atoms with Crippen molar-refractivity contribution in [2.45, 2.75) is 6.10 Å². The fraction of sp³-hybridized carbons (Fsp3) is 0.538. The molecule has 0 bridgehead atoms. The zero-order valence-corrected chi connectivity index (χ0v) is 11.2. The second kappa shape index (κ2) is 7.18. The third-order valence-corrected chi connectivity index (χ3v) is 3.22. The number of aliphatic hydroxyl groups is 1. The highest BCUT2D eigenvalue weighted by molar-refractivity contribution is 5.45. The standard InChI is InChI=1S/C13H18N2O5/c16-11(9-14-5-7-19-8-6-14)10-20-13-4-2-1-3-12(13)15(17)18/h1-4,11,16H,5-10H2/p+1/t11-/m0/s1. The minimum atomic E-state index is -0.650. The van der Waals surface area contributed by atoms with E-state index in [1.807, 2.05) is 0 Å². The normalized spacial score (nSPS) is 17.6. The fourth-order valence-electron chi connectivity index (χ4n) is 2.17. The molecule has 1 atom stereocenters. The molecular weight excluding hydrogens is 264 g/mol. The van der Waals surface area contributed by atoms with Crippen LogP contribution in [-0.4, -0.2) is 55.6 Å². The molecule has 0 aliphatic carbocycles. The summed E-state index contributed by atoms with van der Waals surface area (Å²) in [6, 6.07) is 6.17. The Hall–Kier alpha value is -1.70. The highest BCUT2D eigenvalue weighted by Crippen LogP contribution is 2.25. The van der Waals surface area contributed by atoms with Gasteiger partial charge in [-0.3, -0.25) is 10.1 Å². The molecule has 1 aromatic rings. The second-order valence-electron chi connectivity index (χ2n) is 4.76. The number of nitrogens with one attached hydrogen (secondary N) is 1. The molecule has 1 aliphatic heterocycles. The van der Waals surface area contributed by atoms with Crippen LogP contribution >= 0.6 is 0 Å². The van der Waals surface area contributed by atoms with Gasteiger partial charge in [0.05, 0.1) is 18.1 Å². The Morgan fingerprint density at radius 1 is 1.40 bits per heavy atom. The lowest BCUT2D eigenvalue weighted by molar-refractivity contribution is -0.911. The van der Waals surface area contributed by atoms with Crippen molar-refractivity contribution in [1.29, 1.82) is 0 Å². The third-order valence-electron chi connectivity index (χ3n) is 3.22. The molecule has 7 nitrogen and oxygen atoms in total. The number of nitro benzene ring substituents is 1. The highest BCUT2D eigenvalue weighted by atomic mass is 16.6. The van der Waals surface area contributed by atoms with E-state index in [1.54, 1.807) is 12.1 Å². The number of rotatable bonds is 6. The number of aliphatic hydroxyl groups excluding tert-OH is 1. The van der Waals surface area contributed by atoms with E-state index in [1.165, 1.54) is 17.0 Å². The molecule has 7 heteroatoms. The summed E-state index contributed by atoms with van der Waals surface area (Å²) in [5, 5.41) is 20.8. The van der Waals surface area contributed by atoms with Crippen molar-refractivity contribution >= 4 is 5.69 Å². The van der Waals surface area contributed by atoms with E-state index in [-0.39, 0.29) is 18.0 Å². The maximum absolute atomic E-state index is 10.8. The summed E-state index contributed by atoms with van der Waals surface area (Å²) < 4.78 is 10.6. The van der Waals surface area contributed by atoms with Crippen LogP contribution in [0.5, 0.6) is 5.75 Å². The van der Waals surface area contributed by atoms with E-state index in [0.29, 0.717) is 19.8 Å². The molecule has 0 spiro atoms. The van der Waals surface area contributed by atoms with Gasteiger partial charge in [0, 0.05) is 6.07 Å². The number of hydrogen-bond donors (Lipinski definition) is 2. The number of quaternary nitrogens is 1. The number of benzene rings is 1. The number of nitro groups is 1. The summed E-state index contributed by atoms with van der Waals surface area (Å²) in [7, 11) is 0. The number of hydrogen-bond acceptors (Lipinski definition) is 5. The summed E-state index contributed by atoms with van der Waals surface area (Å²) in [4.78, 5) is 11.6. The van der Waals surface area contributed by atoms with Crippen LogP contribution in [0.15, 0.2) is 24.3 Å². The Morgan fingerprint density at radius 2 is 2.10 bits per heavy atom. The van der Waals surface area contributed by atoms with Crippen molar-refractivity contribution < 1.29 is 24.4 Å². The monoisotopic (exact) mass is 283 g/mol. The van der Waals surface area contributed by atoms with Gasteiger partial charge in [0.25, 0.3) is 0 Å². The SMILES string of the molecule is O=[N+]([O-])c1ccccc1OC[C@@H](O)C[NH+]1CCOCC1. The van der Waals surface area contributed by atoms with E-state index in [0.717, 1.165) is 13.1 Å². The molecular formula is C13H19N2O5+. The molecule has 2 N–H and O–H groups in total. The highest BCUT2D eigenvalue weighted by Gasteiger charge is 2.20. The number of ether oxygens (including phenoxy) is 2. The molecule has 0 amide bonds. The molecule has 110 valence electrons. The first-order valence-electron chi connectivity index (χ1n) is 6.62. The summed E-state index contributed by atoms with van der Waals surface area (Å²) in [6.07, 6.45) is -0.650. The minimum absolute atomic E-state index is 0.0508. The van der Waals surface area contributed by atoms with Gasteiger partial charge in [0.2, 0.25) is 0 Å². The minimum Gasteiger partial charge on any atom is -0.484 e. The van der Waals surface area contributed by atoms with Crippen LogP contribution in [0.3, 0.4) is 0 Å². The number of para-hydroxylation sites is 2. The third kappa shape index (κ3) is 4.16. The van der Waals surface area contributed by atoms with Gasteiger partial charge in [-0.25, -0.2) is 0 Å². The Morgan fingerprint density at radius 3 is 2.80 bits per heavy atom. The van der Waals surface area contributed by atoms with Gasteiger partial charge in [-0.2, -0.15) is 0 Å². The number of morpholine rings is 1. The van der Waals surface area contributed by atoms with Gasteiger partial charge in [-0.05, 0) is 6.07 Å². The lowest BCUT2D eigenvalue weighted by Gasteiger charge is -2.25. The Kier molecular flexibility index (Phi) is 5.28. The summed E-state index contributed by atoms with van der Waals surface area (Å²) in [5.41, 5.74) is -0.0848. The topological polar surface area (TPSA) is 86.3 Å². The molecule has 0 aromatic heterocycles. The molecule has 0 radical (unpaired) electrons. The lowest BCUT2D eigenvalue weighted by atomic mass is 10.3. The molecule has 1 fully saturated rings. The van der Waals surface area contributed by atoms with E-state index >= 15 is 0 Å². The molecule has 1 heterocycles. The quantitative estimate of drug-likeness (QED) is 0.530. The maximum atomic E-state index is 10.8. The van der Waals surface area contributed by atoms with Crippen molar-refractivity contribution in [3.8, 4) is 5.75 Å². The van der Waals surface area contributed by atoms with E-state index in [9.17, 15) is 15.2 Å². The first-order valence-corrected chi connectivity index (χ1v) is 6.62. The van der Waals surface area contributed by atoms with Crippen molar-refractivity contribution in [2.24, 2.45) is 0 Å². The lowest BCUT2D eigenvalue weighted by Crippen LogP contribution is -3.15. The fourth-order valence-corrected chi connectivity index (χ4v) is 2.17. The Labute approximate surface area is 116 Å². The van der Waals surface area contributed by atoms with Crippen LogP contribution in [0.25, 0.3) is 0 Å². The van der Waals surface area contributed by atoms with E-state index in [4.69, 9.17) is 9.47 Å². The van der Waals surface area contributed by atoms with Crippen molar-refractivity contribution in [3.63, 3.8) is 0 Å². The average Bonchev–Trinajstić information content (AvgIpc) is 2.46. The van der Waals surface area contributed by atoms with Gasteiger partial charge in [0.1, 0.15) is 32.3 Å². The van der Waals surface area contributed by atoms with Crippen molar-refractivity contribution in [3.05, 3.63) is 34.4 Å². The van der Waals surface area contributed by atoms with Crippen LogP contribution < -0.4 is 9.64 Å². The van der Waals surface area contributed by atoms with Gasteiger partial charge < -0.3 is 19.5 Å². The number of nitrogens with zero attached hydrogens (tertiary/aromatic N) is 1. The van der Waals surface area contributed by atoms with Gasteiger partial charge >= 0.3 is 5.69 Å². The van der Waals surface area contributed by atoms with Crippen molar-refractivity contribution in [1.82, 2.24) is 0 Å². The molecule has 0 unspecified atom stereocenters. The average molecular weight is 283 g/mol. The largest absolute Gasteiger partial charge is 0.484 e. The van der Waals surface area contributed by atoms with Gasteiger partial charge in [0.15, 0.2) is 5.75 Å². The summed E-state index contributed by atoms with van der Waals surface area (Å²) in [6.45, 7) is 3.74. The molecule has 20 heavy (non-hydrogen) atoms. The Balaban J connectivity index is 1.83. The zero-order chi connectivity index (χ0) is 14.4. The summed E-state index contributed by atoms with van der Waals surface area (Å²) >= 11 is 0. The van der Waals surface area contributed by atoms with Crippen LogP contribution in [0.4, 0.5) is 5.69 Å². The Bertz CT molecular complexity index is 448. The molecule has 1 saturated heterocycles. The molecule has 1 aliphatic rings. The predicted octanol–water partition coefficient (Wildman–Crippen LogP) is -0.750. The zero-order valence-electron chi connectivity index (χ0n) is 11.2. The van der Waals surface area contributed by atoms with Crippen LogP contribution in [0, 0.1) is 10.1 Å². The first kappa shape index (κ1) is 14.7. The molecule has 1 aromatic carbocycles. The van der Waals surface area contributed by atoms with E-state index < -0.39 is 11.0 Å². The molecule has 2 rings (SSSR count). The van der Waals surface area contributed by atoms with Crippen LogP contribution in [-0.2, 0) is 4.74 Å². The van der Waals surface area contributed by atoms with Crippen LogP contribution in [0.2, 0.25) is 0 Å². The van der Waals surface area contributed by atoms with Gasteiger partial charge in [-0.1, -0.05) is 12.1 Å². The van der Waals surface area contributed by atoms with Gasteiger partial charge in [-0.15, -0.1) is 0 Å². The second-order valence-corrected chi connectivity index (χ2v) is 4.76. The van der Waals surface area contributed by atoms with Crippen LogP contribution in [0.1, 0.15) is 0 Å². The molecule has 0 saturated carbocycles. The predicted molar refractivity (Wildman–Crippen MR) is 71.0 cm³/mol. The van der Waals surface area contributed by atoms with Crippen molar-refractivity contribution in [2.75, 3.05) is 39.5 Å². The smallest absolute Gasteiger partial charge is 0.310 e. The maximum Gasteiger partial charge on any atom is 0.310 e. The van der Waals surface area contributed by atoms with E-state index in [2.05, 4.69) is 0 Å².